The minimum Gasteiger partial charge on any atom is -0.330 e. The zero-order chi connectivity index (χ0) is 18.7. The van der Waals surface area contributed by atoms with Gasteiger partial charge in [-0.1, -0.05) is 46.3 Å². The third kappa shape index (κ3) is 3.85. The van der Waals surface area contributed by atoms with E-state index in [2.05, 4.69) is 15.9 Å². The second-order valence-corrected chi connectivity index (χ2v) is 7.13. The Morgan fingerprint density at radius 1 is 1.12 bits per heavy atom. The Hall–Kier alpha value is -2.47. The first-order valence-corrected chi connectivity index (χ1v) is 9.20. The van der Waals surface area contributed by atoms with Gasteiger partial charge in [0.25, 0.3) is 5.91 Å². The molecule has 134 valence electrons. The fourth-order valence-corrected chi connectivity index (χ4v) is 3.41. The van der Waals surface area contributed by atoms with Crippen molar-refractivity contribution in [2.75, 3.05) is 11.4 Å². The quantitative estimate of drug-likeness (QED) is 0.705. The van der Waals surface area contributed by atoms with Crippen LogP contribution >= 0.6 is 15.9 Å². The van der Waals surface area contributed by atoms with Gasteiger partial charge < -0.3 is 4.90 Å². The third-order valence-electron chi connectivity index (χ3n) is 4.47. The molecule has 0 bridgehead atoms. The van der Waals surface area contributed by atoms with Crippen molar-refractivity contribution in [1.82, 2.24) is 4.90 Å². The Kier molecular flexibility index (Phi) is 5.52. The molecule has 2 aromatic carbocycles. The predicted molar refractivity (Wildman–Crippen MR) is 103 cm³/mol. The number of amides is 3. The van der Waals surface area contributed by atoms with Gasteiger partial charge >= 0.3 is 0 Å². The number of rotatable bonds is 5. The van der Waals surface area contributed by atoms with Crippen LogP contribution < -0.4 is 4.90 Å². The van der Waals surface area contributed by atoms with E-state index in [-0.39, 0.29) is 24.1 Å². The lowest BCUT2D eigenvalue weighted by Crippen LogP contribution is -2.45. The molecule has 3 rings (SSSR count). The van der Waals surface area contributed by atoms with Crippen LogP contribution in [-0.4, -0.2) is 35.2 Å². The summed E-state index contributed by atoms with van der Waals surface area (Å²) in [6.45, 7) is 1.84. The van der Waals surface area contributed by atoms with Crippen LogP contribution in [0, 0.1) is 0 Å². The van der Waals surface area contributed by atoms with E-state index in [0.29, 0.717) is 18.7 Å². The normalized spacial score (nSPS) is 16.8. The average Bonchev–Trinajstić information content (AvgIpc) is 2.91. The summed E-state index contributed by atoms with van der Waals surface area (Å²) < 4.78 is 0.866. The standard InChI is InChI=1S/C20H19BrN2O3/c1-14(24)22(12-11-15-5-3-2-4-6-15)18-13-19(25)23(20(18)26)17-9-7-16(21)8-10-17/h2-10,18H,11-13H2,1H3/t18-/m1/s1. The van der Waals surface area contributed by atoms with E-state index in [4.69, 9.17) is 0 Å². The summed E-state index contributed by atoms with van der Waals surface area (Å²) in [5, 5.41) is 0. The molecule has 0 radical (unpaired) electrons. The van der Waals surface area contributed by atoms with Crippen molar-refractivity contribution >= 4 is 39.3 Å². The molecule has 1 aliphatic heterocycles. The molecule has 1 saturated heterocycles. The van der Waals surface area contributed by atoms with Gasteiger partial charge in [0.05, 0.1) is 12.1 Å². The molecule has 0 aliphatic carbocycles. The fourth-order valence-electron chi connectivity index (χ4n) is 3.15. The second-order valence-electron chi connectivity index (χ2n) is 6.21. The van der Waals surface area contributed by atoms with Gasteiger partial charge in [0.1, 0.15) is 6.04 Å². The molecule has 1 fully saturated rings. The van der Waals surface area contributed by atoms with Gasteiger partial charge in [0, 0.05) is 17.9 Å². The summed E-state index contributed by atoms with van der Waals surface area (Å²) in [7, 11) is 0. The van der Waals surface area contributed by atoms with Gasteiger partial charge in [-0.3, -0.25) is 14.4 Å². The van der Waals surface area contributed by atoms with E-state index in [1.54, 1.807) is 24.3 Å². The summed E-state index contributed by atoms with van der Waals surface area (Å²) in [4.78, 5) is 40.1. The highest BCUT2D eigenvalue weighted by molar-refractivity contribution is 9.10. The van der Waals surface area contributed by atoms with Gasteiger partial charge in [0.2, 0.25) is 11.8 Å². The van der Waals surface area contributed by atoms with Crippen LogP contribution in [0.5, 0.6) is 0 Å². The summed E-state index contributed by atoms with van der Waals surface area (Å²) in [6.07, 6.45) is 0.653. The smallest absolute Gasteiger partial charge is 0.257 e. The van der Waals surface area contributed by atoms with Crippen molar-refractivity contribution in [3.63, 3.8) is 0 Å². The number of hydrogen-bond acceptors (Lipinski definition) is 3. The van der Waals surface area contributed by atoms with Crippen molar-refractivity contribution in [2.45, 2.75) is 25.8 Å². The van der Waals surface area contributed by atoms with Crippen molar-refractivity contribution in [2.24, 2.45) is 0 Å². The lowest BCUT2D eigenvalue weighted by Gasteiger charge is -2.26. The number of carbonyl (C=O) groups is 3. The van der Waals surface area contributed by atoms with Gasteiger partial charge in [-0.05, 0) is 36.2 Å². The Morgan fingerprint density at radius 2 is 1.77 bits per heavy atom. The minimum atomic E-state index is -0.743. The average molecular weight is 415 g/mol. The first-order chi connectivity index (χ1) is 12.5. The maximum Gasteiger partial charge on any atom is 0.257 e. The number of nitrogens with zero attached hydrogens (tertiary/aromatic N) is 2. The molecule has 0 unspecified atom stereocenters. The highest BCUT2D eigenvalue weighted by Gasteiger charge is 2.43. The molecule has 5 nitrogen and oxygen atoms in total. The summed E-state index contributed by atoms with van der Waals surface area (Å²) in [5.41, 5.74) is 1.61. The molecule has 1 atom stereocenters. The Morgan fingerprint density at radius 3 is 2.38 bits per heavy atom. The van der Waals surface area contributed by atoms with E-state index in [9.17, 15) is 14.4 Å². The SMILES string of the molecule is CC(=O)N(CCc1ccccc1)[C@@H]1CC(=O)N(c2ccc(Br)cc2)C1=O. The molecule has 3 amide bonds. The second kappa shape index (κ2) is 7.83. The molecule has 0 N–H and O–H groups in total. The van der Waals surface area contributed by atoms with Crippen LogP contribution in [0.25, 0.3) is 0 Å². The molecule has 0 saturated carbocycles. The fraction of sp³-hybridized carbons (Fsp3) is 0.250. The highest BCUT2D eigenvalue weighted by atomic mass is 79.9. The molecule has 0 spiro atoms. The summed E-state index contributed by atoms with van der Waals surface area (Å²) in [6, 6.07) is 16.0. The van der Waals surface area contributed by atoms with Crippen molar-refractivity contribution < 1.29 is 14.4 Å². The molecule has 1 aliphatic rings. The molecule has 6 heteroatoms. The van der Waals surface area contributed by atoms with E-state index in [1.165, 1.54) is 16.7 Å². The van der Waals surface area contributed by atoms with Gasteiger partial charge in [-0.25, -0.2) is 4.90 Å². The summed E-state index contributed by atoms with van der Waals surface area (Å²) in [5.74, 6) is -0.835. The lowest BCUT2D eigenvalue weighted by atomic mass is 10.1. The van der Waals surface area contributed by atoms with Crippen LogP contribution in [0.4, 0.5) is 5.69 Å². The van der Waals surface area contributed by atoms with Gasteiger partial charge in [-0.2, -0.15) is 0 Å². The Balaban J connectivity index is 1.77. The number of imide groups is 1. The van der Waals surface area contributed by atoms with E-state index in [1.807, 2.05) is 30.3 Å². The number of anilines is 1. The van der Waals surface area contributed by atoms with E-state index >= 15 is 0 Å². The molecule has 1 heterocycles. The first kappa shape index (κ1) is 18.3. The topological polar surface area (TPSA) is 57.7 Å². The Bertz CT molecular complexity index is 821. The van der Waals surface area contributed by atoms with E-state index in [0.717, 1.165) is 10.0 Å². The largest absolute Gasteiger partial charge is 0.330 e. The first-order valence-electron chi connectivity index (χ1n) is 8.41. The number of carbonyl (C=O) groups excluding carboxylic acids is 3. The van der Waals surface area contributed by atoms with Gasteiger partial charge in [-0.15, -0.1) is 0 Å². The number of benzene rings is 2. The summed E-state index contributed by atoms with van der Waals surface area (Å²) >= 11 is 3.34. The van der Waals surface area contributed by atoms with Crippen LogP contribution in [0.2, 0.25) is 0 Å². The lowest BCUT2D eigenvalue weighted by molar-refractivity contribution is -0.136. The van der Waals surface area contributed by atoms with Crippen molar-refractivity contribution in [3.05, 3.63) is 64.6 Å². The Labute approximate surface area is 160 Å². The van der Waals surface area contributed by atoms with Gasteiger partial charge in [0.15, 0.2) is 0 Å². The number of hydrogen-bond donors (Lipinski definition) is 0. The zero-order valence-corrected chi connectivity index (χ0v) is 16.0. The van der Waals surface area contributed by atoms with Crippen molar-refractivity contribution in [1.29, 1.82) is 0 Å². The molecule has 2 aromatic rings. The number of halogens is 1. The third-order valence-corrected chi connectivity index (χ3v) is 5.00. The maximum atomic E-state index is 12.9. The minimum absolute atomic E-state index is 0.0171. The van der Waals surface area contributed by atoms with Crippen LogP contribution in [0.1, 0.15) is 18.9 Å². The van der Waals surface area contributed by atoms with Crippen molar-refractivity contribution in [3.8, 4) is 0 Å². The predicted octanol–water partition coefficient (Wildman–Crippen LogP) is 3.17. The molecular formula is C20H19BrN2O3. The molecular weight excluding hydrogens is 396 g/mol. The maximum absolute atomic E-state index is 12.9. The monoisotopic (exact) mass is 414 g/mol. The van der Waals surface area contributed by atoms with Crippen LogP contribution in [-0.2, 0) is 20.8 Å². The zero-order valence-electron chi connectivity index (χ0n) is 14.4. The van der Waals surface area contributed by atoms with Crippen LogP contribution in [0.3, 0.4) is 0 Å². The highest BCUT2D eigenvalue weighted by Crippen LogP contribution is 2.27. The van der Waals surface area contributed by atoms with E-state index < -0.39 is 6.04 Å². The van der Waals surface area contributed by atoms with Crippen LogP contribution in [0.15, 0.2) is 59.1 Å². The molecule has 26 heavy (non-hydrogen) atoms. The molecule has 0 aromatic heterocycles.